The maximum Gasteiger partial charge on any atom is 0.278 e. The highest BCUT2D eigenvalue weighted by Crippen LogP contribution is 2.39. The second-order valence-corrected chi connectivity index (χ2v) is 12.3. The number of fused-ring (bicyclic) bond motifs is 1. The first kappa shape index (κ1) is 26.5. The van der Waals surface area contributed by atoms with Gasteiger partial charge in [-0.05, 0) is 51.4 Å². The molecule has 4 rings (SSSR count). The van der Waals surface area contributed by atoms with Gasteiger partial charge in [-0.3, -0.25) is 4.79 Å². The normalized spacial score (nSPS) is 23.6. The van der Waals surface area contributed by atoms with E-state index < -0.39 is 18.2 Å². The van der Waals surface area contributed by atoms with E-state index in [4.69, 9.17) is 4.74 Å². The van der Waals surface area contributed by atoms with E-state index in [2.05, 4.69) is 20.1 Å². The van der Waals surface area contributed by atoms with Gasteiger partial charge in [-0.15, -0.1) is 21.5 Å². The third-order valence-corrected chi connectivity index (χ3v) is 8.75. The number of halogens is 3. The van der Waals surface area contributed by atoms with E-state index in [1.807, 2.05) is 6.92 Å². The largest absolute Gasteiger partial charge is 0.464 e. The minimum atomic E-state index is -2.88. The quantitative estimate of drug-likeness (QED) is 0.419. The van der Waals surface area contributed by atoms with E-state index in [9.17, 15) is 13.6 Å². The van der Waals surface area contributed by atoms with Crippen molar-refractivity contribution in [3.63, 3.8) is 0 Å². The van der Waals surface area contributed by atoms with Gasteiger partial charge in [0.15, 0.2) is 6.61 Å². The Bertz CT molecular complexity index is 974. The number of hydrogen-bond acceptors (Lipinski definition) is 8. The van der Waals surface area contributed by atoms with E-state index >= 15 is 4.39 Å². The lowest BCUT2D eigenvalue weighted by molar-refractivity contribution is -0.119. The average molecular weight is 531 g/mol. The SMILES string of the molecule is Cc1nnc(CC(=O)CC2CCC(F)(CCN3CCc4nc(OCC(C)(F)F)sc4CC3)CC2)s1. The minimum absolute atomic E-state index is 0.167. The molecule has 1 aliphatic carbocycles. The molecule has 0 radical (unpaired) electrons. The zero-order chi connectivity index (χ0) is 25.1. The Morgan fingerprint density at radius 1 is 1.20 bits per heavy atom. The van der Waals surface area contributed by atoms with Crippen LogP contribution >= 0.6 is 22.7 Å². The lowest BCUT2D eigenvalue weighted by Gasteiger charge is -2.35. The molecule has 0 saturated heterocycles. The maximum absolute atomic E-state index is 15.5. The number of carbonyl (C=O) groups is 1. The van der Waals surface area contributed by atoms with Crippen molar-refractivity contribution in [2.45, 2.75) is 83.2 Å². The molecule has 2 aromatic heterocycles. The molecule has 0 N–H and O–H groups in total. The number of aryl methyl sites for hydroxylation is 1. The molecule has 0 atom stereocenters. The van der Waals surface area contributed by atoms with Crippen molar-refractivity contribution in [1.29, 1.82) is 0 Å². The summed E-state index contributed by atoms with van der Waals surface area (Å²) >= 11 is 2.80. The van der Waals surface area contributed by atoms with Crippen molar-refractivity contribution in [3.8, 4) is 5.19 Å². The second-order valence-electron chi connectivity index (χ2n) is 10.0. The van der Waals surface area contributed by atoms with Gasteiger partial charge in [-0.1, -0.05) is 11.3 Å². The number of thiazole rings is 1. The molecule has 1 aliphatic heterocycles. The van der Waals surface area contributed by atoms with Crippen molar-refractivity contribution in [3.05, 3.63) is 20.6 Å². The Hall–Kier alpha value is -1.59. The van der Waals surface area contributed by atoms with Crippen LogP contribution in [0.2, 0.25) is 0 Å². The number of aromatic nitrogens is 3. The van der Waals surface area contributed by atoms with E-state index in [0.717, 1.165) is 66.3 Å². The van der Waals surface area contributed by atoms with Crippen LogP contribution in [0.15, 0.2) is 0 Å². The molecule has 6 nitrogen and oxygen atoms in total. The second kappa shape index (κ2) is 11.2. The van der Waals surface area contributed by atoms with Crippen molar-refractivity contribution in [2.24, 2.45) is 5.92 Å². The van der Waals surface area contributed by atoms with Crippen molar-refractivity contribution in [1.82, 2.24) is 20.1 Å². The van der Waals surface area contributed by atoms with Gasteiger partial charge < -0.3 is 9.64 Å². The van der Waals surface area contributed by atoms with Gasteiger partial charge in [-0.25, -0.2) is 18.2 Å². The fourth-order valence-electron chi connectivity index (χ4n) is 4.84. The van der Waals surface area contributed by atoms with Crippen LogP contribution in [-0.2, 0) is 24.1 Å². The molecule has 11 heteroatoms. The molecule has 0 aromatic carbocycles. The Balaban J connectivity index is 1.17. The molecular formula is C24H33F3N4O2S2. The standard InChI is InChI=1S/C24H33F3N4O2S2/c1-16-29-30-21(34-16)14-18(32)13-17-3-7-24(27,8-4-17)9-12-31-10-5-19-20(6-11-31)35-22(28-19)33-15-23(2,25)26/h17H,3-15H2,1-2H3. The van der Waals surface area contributed by atoms with Gasteiger partial charge in [0.2, 0.25) is 0 Å². The molecule has 0 amide bonds. The van der Waals surface area contributed by atoms with Crippen LogP contribution in [0.3, 0.4) is 0 Å². The topological polar surface area (TPSA) is 68.2 Å². The van der Waals surface area contributed by atoms with E-state index in [1.54, 1.807) is 0 Å². The van der Waals surface area contributed by atoms with Gasteiger partial charge in [0.25, 0.3) is 11.1 Å². The van der Waals surface area contributed by atoms with Gasteiger partial charge in [0, 0.05) is 44.3 Å². The Labute approximate surface area is 212 Å². The number of alkyl halides is 3. The molecule has 35 heavy (non-hydrogen) atoms. The van der Waals surface area contributed by atoms with Gasteiger partial charge in [-0.2, -0.15) is 0 Å². The smallest absolute Gasteiger partial charge is 0.278 e. The zero-order valence-corrected chi connectivity index (χ0v) is 22.0. The predicted octanol–water partition coefficient (Wildman–Crippen LogP) is 5.23. The fourth-order valence-corrected chi connectivity index (χ4v) is 6.52. The summed E-state index contributed by atoms with van der Waals surface area (Å²) in [5.74, 6) is -2.46. The molecule has 2 aliphatic rings. The monoisotopic (exact) mass is 530 g/mol. The third kappa shape index (κ3) is 7.95. The molecular weight excluding hydrogens is 497 g/mol. The summed E-state index contributed by atoms with van der Waals surface area (Å²) in [6.45, 7) is 4.31. The summed E-state index contributed by atoms with van der Waals surface area (Å²) in [5.41, 5.74) is -0.256. The van der Waals surface area contributed by atoms with Crippen LogP contribution < -0.4 is 4.74 Å². The highest BCUT2D eigenvalue weighted by atomic mass is 32.1. The first-order valence-corrected chi connectivity index (χ1v) is 13.9. The van der Waals surface area contributed by atoms with Crippen molar-refractivity contribution >= 4 is 28.5 Å². The Morgan fingerprint density at radius 2 is 1.94 bits per heavy atom. The highest BCUT2D eigenvalue weighted by molar-refractivity contribution is 7.13. The molecule has 0 bridgehead atoms. The molecule has 3 heterocycles. The first-order valence-electron chi connectivity index (χ1n) is 12.3. The van der Waals surface area contributed by atoms with E-state index in [1.165, 1.54) is 22.7 Å². The summed E-state index contributed by atoms with van der Waals surface area (Å²) in [4.78, 5) is 20.1. The number of carbonyl (C=O) groups excluding carboxylic acids is 1. The predicted molar refractivity (Wildman–Crippen MR) is 130 cm³/mol. The van der Waals surface area contributed by atoms with Crippen LogP contribution in [0, 0.1) is 12.8 Å². The van der Waals surface area contributed by atoms with Crippen LogP contribution in [0.1, 0.15) is 66.0 Å². The first-order chi connectivity index (χ1) is 16.6. The molecule has 194 valence electrons. The number of hydrogen-bond donors (Lipinski definition) is 0. The van der Waals surface area contributed by atoms with Gasteiger partial charge >= 0.3 is 0 Å². The summed E-state index contributed by atoms with van der Waals surface area (Å²) < 4.78 is 46.7. The number of nitrogens with zero attached hydrogens (tertiary/aromatic N) is 4. The summed E-state index contributed by atoms with van der Waals surface area (Å²) in [7, 11) is 0. The van der Waals surface area contributed by atoms with Crippen LogP contribution in [-0.4, -0.2) is 63.7 Å². The summed E-state index contributed by atoms with van der Waals surface area (Å²) in [6.07, 6.45) is 5.33. The maximum atomic E-state index is 15.5. The van der Waals surface area contributed by atoms with Crippen molar-refractivity contribution in [2.75, 3.05) is 26.2 Å². The fraction of sp³-hybridized carbons (Fsp3) is 0.750. The number of Topliss-reactive ketones (excluding diaryl/α,β-unsaturated/α-hetero) is 1. The van der Waals surface area contributed by atoms with Crippen LogP contribution in [0.5, 0.6) is 5.19 Å². The van der Waals surface area contributed by atoms with E-state index in [0.29, 0.717) is 43.8 Å². The summed E-state index contributed by atoms with van der Waals surface area (Å²) in [6, 6.07) is 0. The molecule has 1 fully saturated rings. The van der Waals surface area contributed by atoms with Gasteiger partial charge in [0.05, 0.1) is 12.1 Å². The Morgan fingerprint density at radius 3 is 2.63 bits per heavy atom. The minimum Gasteiger partial charge on any atom is -0.464 e. The summed E-state index contributed by atoms with van der Waals surface area (Å²) in [5, 5.41) is 9.91. The number of rotatable bonds is 10. The van der Waals surface area contributed by atoms with Crippen LogP contribution in [0.4, 0.5) is 13.2 Å². The van der Waals surface area contributed by atoms with Crippen LogP contribution in [0.25, 0.3) is 0 Å². The average Bonchev–Trinajstić information content (AvgIpc) is 3.33. The highest BCUT2D eigenvalue weighted by Gasteiger charge is 2.36. The molecule has 0 spiro atoms. The molecule has 0 unspecified atom stereocenters. The number of ketones is 1. The lowest BCUT2D eigenvalue weighted by Crippen LogP contribution is -2.36. The number of ether oxygens (including phenoxy) is 1. The van der Waals surface area contributed by atoms with Crippen molar-refractivity contribution < 1.29 is 22.7 Å². The van der Waals surface area contributed by atoms with Gasteiger partial charge in [0.1, 0.15) is 21.5 Å². The third-order valence-electron chi connectivity index (χ3n) is 6.84. The lowest BCUT2D eigenvalue weighted by atomic mass is 9.76. The molecule has 1 saturated carbocycles. The zero-order valence-electron chi connectivity index (χ0n) is 20.3. The Kier molecular flexibility index (Phi) is 8.48. The van der Waals surface area contributed by atoms with E-state index in [-0.39, 0.29) is 11.7 Å². The molecule has 2 aromatic rings.